The molecule has 1 heterocycles. The van der Waals surface area contributed by atoms with Crippen LogP contribution in [0.15, 0.2) is 24.3 Å². The SMILES string of the molecule is CC(=O)OC[C@H]1O[C@@H](c2ccc(B(Cl)Cl)cc2)[C@H](OC(C)=O)[C@@H](OC(C)=O)[C@@H]1OC(C)=O. The van der Waals surface area contributed by atoms with Crippen molar-refractivity contribution in [2.75, 3.05) is 6.61 Å². The fourth-order valence-corrected chi connectivity index (χ4v) is 3.62. The van der Waals surface area contributed by atoms with Crippen LogP contribution in [-0.4, -0.2) is 60.4 Å². The number of halogens is 2. The largest absolute Gasteiger partial charge is 0.463 e. The van der Waals surface area contributed by atoms with E-state index in [1.54, 1.807) is 24.3 Å². The van der Waals surface area contributed by atoms with Gasteiger partial charge in [0.05, 0.1) is 0 Å². The lowest BCUT2D eigenvalue weighted by atomic mass is 9.87. The van der Waals surface area contributed by atoms with Gasteiger partial charge in [0.1, 0.15) is 18.8 Å². The van der Waals surface area contributed by atoms with Crippen LogP contribution in [0.5, 0.6) is 0 Å². The van der Waals surface area contributed by atoms with E-state index in [-0.39, 0.29) is 6.61 Å². The second kappa shape index (κ2) is 11.5. The lowest BCUT2D eigenvalue weighted by Gasteiger charge is -2.44. The fourth-order valence-electron chi connectivity index (χ4n) is 3.33. The maximum atomic E-state index is 11.9. The van der Waals surface area contributed by atoms with Crippen molar-refractivity contribution < 1.29 is 42.9 Å². The molecule has 12 heteroatoms. The highest BCUT2D eigenvalue weighted by molar-refractivity contribution is 7.39. The molecule has 174 valence electrons. The molecular weight excluding hydrogens is 466 g/mol. The second-order valence-electron chi connectivity index (χ2n) is 7.09. The summed E-state index contributed by atoms with van der Waals surface area (Å²) in [4.78, 5) is 46.8. The number of ether oxygens (including phenoxy) is 5. The summed E-state index contributed by atoms with van der Waals surface area (Å²) in [7, 11) is 0. The van der Waals surface area contributed by atoms with E-state index < -0.39 is 59.9 Å². The Morgan fingerprint density at radius 3 is 1.78 bits per heavy atom. The quantitative estimate of drug-likeness (QED) is 0.321. The van der Waals surface area contributed by atoms with Gasteiger partial charge in [0.2, 0.25) is 0 Å². The predicted octanol–water partition coefficient (Wildman–Crippen LogP) is 1.66. The molecule has 5 atom stereocenters. The topological polar surface area (TPSA) is 114 Å². The van der Waals surface area contributed by atoms with E-state index in [0.29, 0.717) is 11.0 Å². The van der Waals surface area contributed by atoms with E-state index in [2.05, 4.69) is 0 Å². The van der Waals surface area contributed by atoms with Crippen LogP contribution in [0.2, 0.25) is 0 Å². The molecule has 1 saturated heterocycles. The minimum Gasteiger partial charge on any atom is -0.463 e. The molecule has 1 fully saturated rings. The second-order valence-corrected chi connectivity index (χ2v) is 8.18. The van der Waals surface area contributed by atoms with Gasteiger partial charge in [0.15, 0.2) is 18.3 Å². The number of carbonyl (C=O) groups excluding carboxylic acids is 4. The predicted molar refractivity (Wildman–Crippen MR) is 114 cm³/mol. The van der Waals surface area contributed by atoms with Crippen molar-refractivity contribution in [2.45, 2.75) is 58.2 Å². The zero-order valence-corrected chi connectivity index (χ0v) is 19.4. The van der Waals surface area contributed by atoms with Crippen molar-refractivity contribution in [2.24, 2.45) is 0 Å². The van der Waals surface area contributed by atoms with Crippen molar-refractivity contribution in [3.05, 3.63) is 29.8 Å². The highest BCUT2D eigenvalue weighted by Gasteiger charge is 2.52. The normalized spacial score (nSPS) is 24.8. The van der Waals surface area contributed by atoms with Gasteiger partial charge >= 0.3 is 29.4 Å². The third-order valence-electron chi connectivity index (χ3n) is 4.51. The van der Waals surface area contributed by atoms with Crippen LogP contribution in [-0.2, 0) is 42.9 Å². The van der Waals surface area contributed by atoms with E-state index in [9.17, 15) is 19.2 Å². The zero-order valence-electron chi connectivity index (χ0n) is 17.9. The molecule has 0 aliphatic carbocycles. The summed E-state index contributed by atoms with van der Waals surface area (Å²) in [5.74, 6) is -2.64. The maximum absolute atomic E-state index is 11.9. The molecule has 1 aliphatic rings. The smallest absolute Gasteiger partial charge is 0.382 e. The average molecular weight is 489 g/mol. The van der Waals surface area contributed by atoms with Crippen LogP contribution in [0.25, 0.3) is 0 Å². The minimum atomic E-state index is -1.23. The molecule has 1 aromatic carbocycles. The maximum Gasteiger partial charge on any atom is 0.382 e. The number of hydrogen-bond donors (Lipinski definition) is 0. The summed E-state index contributed by atoms with van der Waals surface area (Å²) in [5.41, 5.74) is 0.419. The summed E-state index contributed by atoms with van der Waals surface area (Å²) in [6.07, 6.45) is -5.56. The molecule has 0 unspecified atom stereocenters. The Bertz CT molecular complexity index is 846. The molecule has 0 N–H and O–H groups in total. The first kappa shape index (κ1) is 26.0. The lowest BCUT2D eigenvalue weighted by Crippen LogP contribution is -2.59. The van der Waals surface area contributed by atoms with Crippen LogP contribution >= 0.6 is 22.9 Å². The molecule has 0 radical (unpaired) electrons. The molecule has 0 aromatic heterocycles. The van der Waals surface area contributed by atoms with Crippen molar-refractivity contribution in [1.82, 2.24) is 0 Å². The molecule has 9 nitrogen and oxygen atoms in total. The molecular formula is C20H23BCl2O9. The Labute approximate surface area is 195 Å². The van der Waals surface area contributed by atoms with E-state index in [0.717, 1.165) is 13.8 Å². The molecule has 0 saturated carbocycles. The van der Waals surface area contributed by atoms with E-state index in [1.165, 1.54) is 13.8 Å². The van der Waals surface area contributed by atoms with Crippen LogP contribution in [0, 0.1) is 0 Å². The summed E-state index contributed by atoms with van der Waals surface area (Å²) >= 11 is 11.8. The van der Waals surface area contributed by atoms with E-state index >= 15 is 0 Å². The first-order valence-corrected chi connectivity index (χ1v) is 10.5. The summed E-state index contributed by atoms with van der Waals surface area (Å²) in [5, 5.41) is 0. The lowest BCUT2D eigenvalue weighted by molar-refractivity contribution is -0.254. The van der Waals surface area contributed by atoms with Crippen LogP contribution in [0.3, 0.4) is 0 Å². The van der Waals surface area contributed by atoms with Gasteiger partial charge in [0, 0.05) is 27.7 Å². The van der Waals surface area contributed by atoms with Gasteiger partial charge in [-0.25, -0.2) is 0 Å². The van der Waals surface area contributed by atoms with Gasteiger partial charge in [0.25, 0.3) is 0 Å². The Morgan fingerprint density at radius 2 is 1.31 bits per heavy atom. The molecule has 0 spiro atoms. The van der Waals surface area contributed by atoms with Crippen molar-refractivity contribution in [1.29, 1.82) is 0 Å². The van der Waals surface area contributed by atoms with Crippen molar-refractivity contribution in [3.63, 3.8) is 0 Å². The number of esters is 4. The number of rotatable bonds is 7. The first-order valence-electron chi connectivity index (χ1n) is 9.68. The Hall–Kier alpha value is -2.30. The molecule has 32 heavy (non-hydrogen) atoms. The Kier molecular flexibility index (Phi) is 9.36. The zero-order chi connectivity index (χ0) is 24.0. The number of carbonyl (C=O) groups is 4. The summed E-state index contributed by atoms with van der Waals surface area (Å²) in [6, 6.07) is 6.64. The first-order chi connectivity index (χ1) is 15.0. The number of benzene rings is 1. The molecule has 0 bridgehead atoms. The number of hydrogen-bond acceptors (Lipinski definition) is 9. The standard InChI is InChI=1S/C20H23BCl2O9/c1-10(24)28-9-16-18(29-11(2)25)20(31-13(4)27)19(30-12(3)26)17(32-16)14-5-7-15(8-6-14)21(22)23/h5-8,16-20H,9H2,1-4H3/t16-,17+,18-,19+,20+/m1/s1. The highest BCUT2D eigenvalue weighted by Crippen LogP contribution is 2.37. The van der Waals surface area contributed by atoms with Crippen molar-refractivity contribution >= 4 is 57.8 Å². The third kappa shape index (κ3) is 7.11. The Morgan fingerprint density at radius 1 is 0.812 bits per heavy atom. The third-order valence-corrected chi connectivity index (χ3v) is 5.01. The van der Waals surface area contributed by atoms with Gasteiger partial charge in [-0.2, -0.15) is 22.9 Å². The van der Waals surface area contributed by atoms with Gasteiger partial charge in [-0.15, -0.1) is 0 Å². The van der Waals surface area contributed by atoms with Gasteiger partial charge in [-0.3, -0.25) is 19.2 Å². The van der Waals surface area contributed by atoms with Gasteiger partial charge in [-0.1, -0.05) is 24.3 Å². The molecule has 2 rings (SSSR count). The van der Waals surface area contributed by atoms with Crippen LogP contribution in [0.4, 0.5) is 0 Å². The van der Waals surface area contributed by atoms with Crippen LogP contribution < -0.4 is 5.46 Å². The fraction of sp³-hybridized carbons (Fsp3) is 0.500. The molecule has 1 aliphatic heterocycles. The van der Waals surface area contributed by atoms with Gasteiger partial charge in [-0.05, 0) is 11.0 Å². The summed E-state index contributed by atoms with van der Waals surface area (Å²) < 4.78 is 27.3. The van der Waals surface area contributed by atoms with E-state index in [1.807, 2.05) is 0 Å². The molecule has 0 amide bonds. The summed E-state index contributed by atoms with van der Waals surface area (Å²) in [6.45, 7) is 4.42. The van der Waals surface area contributed by atoms with Crippen molar-refractivity contribution in [3.8, 4) is 0 Å². The Balaban J connectivity index is 2.52. The minimum absolute atomic E-state index is 0.294. The highest BCUT2D eigenvalue weighted by atomic mass is 35.5. The van der Waals surface area contributed by atoms with E-state index in [4.69, 9.17) is 46.6 Å². The monoisotopic (exact) mass is 488 g/mol. The molecule has 1 aromatic rings. The van der Waals surface area contributed by atoms with Gasteiger partial charge < -0.3 is 23.7 Å². The average Bonchev–Trinajstić information content (AvgIpc) is 2.68. The van der Waals surface area contributed by atoms with Crippen LogP contribution in [0.1, 0.15) is 39.4 Å².